The number of rotatable bonds is 5. The van der Waals surface area contributed by atoms with Gasteiger partial charge in [-0.15, -0.1) is 0 Å². The summed E-state index contributed by atoms with van der Waals surface area (Å²) in [5.41, 5.74) is 2.62. The third-order valence-corrected chi connectivity index (χ3v) is 5.11. The van der Waals surface area contributed by atoms with Gasteiger partial charge in [-0.3, -0.25) is 0 Å². The van der Waals surface area contributed by atoms with Gasteiger partial charge >= 0.3 is 0 Å². The average Bonchev–Trinajstić information content (AvgIpc) is 2.97. The molecular weight excluding hydrogens is 228 g/mol. The topological polar surface area (TPSA) is 27.8 Å². The lowest BCUT2D eigenvalue weighted by Crippen LogP contribution is -2.25. The second-order valence-electron chi connectivity index (χ2n) is 4.85. The number of aromatic nitrogens is 1. The van der Waals surface area contributed by atoms with E-state index >= 15 is 0 Å². The standard InChI is InChI=1S/C14H18N2S/c1-17-14(6-7-14)10-15-9-11-3-2-4-13-12(11)5-8-16-13/h2-5,8,15-16H,6-7,9-10H2,1H3. The van der Waals surface area contributed by atoms with Crippen LogP contribution in [0.5, 0.6) is 0 Å². The van der Waals surface area contributed by atoms with Crippen molar-refractivity contribution in [2.24, 2.45) is 0 Å². The number of nitrogens with one attached hydrogen (secondary N) is 2. The molecule has 3 heteroatoms. The van der Waals surface area contributed by atoms with Crippen LogP contribution in [-0.4, -0.2) is 22.5 Å². The first kappa shape index (κ1) is 11.2. The lowest BCUT2D eigenvalue weighted by atomic mass is 10.1. The summed E-state index contributed by atoms with van der Waals surface area (Å²) >= 11 is 2.01. The van der Waals surface area contributed by atoms with E-state index in [2.05, 4.69) is 40.8 Å². The zero-order valence-electron chi connectivity index (χ0n) is 10.1. The van der Waals surface area contributed by atoms with Crippen molar-refractivity contribution in [1.29, 1.82) is 0 Å². The van der Waals surface area contributed by atoms with E-state index in [1.165, 1.54) is 29.3 Å². The predicted molar refractivity (Wildman–Crippen MR) is 75.5 cm³/mol. The van der Waals surface area contributed by atoms with Crippen LogP contribution in [0.1, 0.15) is 18.4 Å². The largest absolute Gasteiger partial charge is 0.361 e. The molecule has 90 valence electrons. The van der Waals surface area contributed by atoms with Crippen LogP contribution < -0.4 is 5.32 Å². The van der Waals surface area contributed by atoms with E-state index in [-0.39, 0.29) is 0 Å². The number of thioether (sulfide) groups is 1. The molecule has 2 nitrogen and oxygen atoms in total. The molecule has 1 aliphatic carbocycles. The van der Waals surface area contributed by atoms with Crippen LogP contribution >= 0.6 is 11.8 Å². The van der Waals surface area contributed by atoms with Crippen molar-refractivity contribution in [3.8, 4) is 0 Å². The Morgan fingerprint density at radius 3 is 3.00 bits per heavy atom. The molecule has 1 aromatic heterocycles. The quantitative estimate of drug-likeness (QED) is 0.848. The van der Waals surface area contributed by atoms with E-state index in [9.17, 15) is 0 Å². The molecule has 0 unspecified atom stereocenters. The van der Waals surface area contributed by atoms with Crippen molar-refractivity contribution in [1.82, 2.24) is 10.3 Å². The fourth-order valence-electron chi connectivity index (χ4n) is 2.32. The fraction of sp³-hybridized carbons (Fsp3) is 0.429. The molecule has 17 heavy (non-hydrogen) atoms. The third kappa shape index (κ3) is 2.22. The minimum absolute atomic E-state index is 0.548. The Bertz CT molecular complexity index is 514. The summed E-state index contributed by atoms with van der Waals surface area (Å²) in [7, 11) is 0. The summed E-state index contributed by atoms with van der Waals surface area (Å²) in [5.74, 6) is 0. The van der Waals surface area contributed by atoms with Gasteiger partial charge in [-0.05, 0) is 36.8 Å². The van der Waals surface area contributed by atoms with E-state index in [0.29, 0.717) is 4.75 Å². The van der Waals surface area contributed by atoms with Crippen LogP contribution in [0.4, 0.5) is 0 Å². The summed E-state index contributed by atoms with van der Waals surface area (Å²) in [6.07, 6.45) is 6.98. The van der Waals surface area contributed by atoms with Crippen LogP contribution in [-0.2, 0) is 6.54 Å². The van der Waals surface area contributed by atoms with Crippen molar-refractivity contribution in [2.75, 3.05) is 12.8 Å². The van der Waals surface area contributed by atoms with Crippen LogP contribution in [0.15, 0.2) is 30.5 Å². The zero-order valence-corrected chi connectivity index (χ0v) is 10.9. The highest BCUT2D eigenvalue weighted by atomic mass is 32.2. The maximum Gasteiger partial charge on any atom is 0.0457 e. The molecular formula is C14H18N2S. The highest BCUT2D eigenvalue weighted by molar-refractivity contribution is 8.00. The van der Waals surface area contributed by atoms with Crippen LogP contribution in [0.2, 0.25) is 0 Å². The summed E-state index contributed by atoms with van der Waals surface area (Å²) in [6, 6.07) is 8.62. The molecule has 0 amide bonds. The Kier molecular flexibility index (Phi) is 2.89. The number of H-pyrrole nitrogens is 1. The summed E-state index contributed by atoms with van der Waals surface area (Å²) < 4.78 is 0.548. The van der Waals surface area contributed by atoms with Crippen molar-refractivity contribution in [3.05, 3.63) is 36.0 Å². The van der Waals surface area contributed by atoms with E-state index in [0.717, 1.165) is 13.1 Å². The first-order valence-electron chi connectivity index (χ1n) is 6.14. The van der Waals surface area contributed by atoms with Crippen molar-refractivity contribution >= 4 is 22.7 Å². The average molecular weight is 246 g/mol. The van der Waals surface area contributed by atoms with Gasteiger partial charge in [0, 0.05) is 34.9 Å². The molecule has 2 aromatic rings. The van der Waals surface area contributed by atoms with E-state index in [1.807, 2.05) is 18.0 Å². The second-order valence-corrected chi connectivity index (χ2v) is 6.12. The molecule has 1 aliphatic rings. The molecule has 0 bridgehead atoms. The van der Waals surface area contributed by atoms with E-state index < -0.39 is 0 Å². The van der Waals surface area contributed by atoms with E-state index in [4.69, 9.17) is 0 Å². The lowest BCUT2D eigenvalue weighted by molar-refractivity contribution is 0.665. The van der Waals surface area contributed by atoms with Crippen molar-refractivity contribution in [3.63, 3.8) is 0 Å². The SMILES string of the molecule is CSC1(CNCc2cccc3[nH]ccc23)CC1. The summed E-state index contributed by atoms with van der Waals surface area (Å²) in [4.78, 5) is 3.26. The molecule has 2 N–H and O–H groups in total. The predicted octanol–water partition coefficient (Wildman–Crippen LogP) is 3.15. The summed E-state index contributed by atoms with van der Waals surface area (Å²) in [6.45, 7) is 2.10. The van der Waals surface area contributed by atoms with Crippen molar-refractivity contribution < 1.29 is 0 Å². The third-order valence-electron chi connectivity index (χ3n) is 3.69. The van der Waals surface area contributed by atoms with Gasteiger partial charge in [0.15, 0.2) is 0 Å². The minimum atomic E-state index is 0.548. The maximum atomic E-state index is 3.60. The van der Waals surface area contributed by atoms with Crippen LogP contribution in [0, 0.1) is 0 Å². The molecule has 3 rings (SSSR count). The number of hydrogen-bond donors (Lipinski definition) is 2. The van der Waals surface area contributed by atoms with Crippen molar-refractivity contribution in [2.45, 2.75) is 24.1 Å². The molecule has 0 aliphatic heterocycles. The Labute approximate surface area is 106 Å². The smallest absolute Gasteiger partial charge is 0.0457 e. The number of benzene rings is 1. The molecule has 0 spiro atoms. The van der Waals surface area contributed by atoms with Gasteiger partial charge in [-0.2, -0.15) is 11.8 Å². The Morgan fingerprint density at radius 1 is 1.35 bits per heavy atom. The molecule has 1 heterocycles. The minimum Gasteiger partial charge on any atom is -0.361 e. The number of hydrogen-bond acceptors (Lipinski definition) is 2. The maximum absolute atomic E-state index is 3.60. The van der Waals surface area contributed by atoms with Crippen LogP contribution in [0.3, 0.4) is 0 Å². The molecule has 0 radical (unpaired) electrons. The fourth-order valence-corrected chi connectivity index (χ4v) is 3.08. The highest BCUT2D eigenvalue weighted by Crippen LogP contribution is 2.46. The molecule has 1 aromatic carbocycles. The lowest BCUT2D eigenvalue weighted by Gasteiger charge is -2.13. The first-order valence-corrected chi connectivity index (χ1v) is 7.36. The van der Waals surface area contributed by atoms with Gasteiger partial charge in [-0.25, -0.2) is 0 Å². The number of fused-ring (bicyclic) bond motifs is 1. The number of aromatic amines is 1. The first-order chi connectivity index (χ1) is 8.33. The second kappa shape index (κ2) is 4.39. The van der Waals surface area contributed by atoms with Gasteiger partial charge in [0.05, 0.1) is 0 Å². The monoisotopic (exact) mass is 246 g/mol. The molecule has 0 saturated heterocycles. The highest BCUT2D eigenvalue weighted by Gasteiger charge is 2.41. The molecule has 1 fully saturated rings. The normalized spacial score (nSPS) is 17.5. The van der Waals surface area contributed by atoms with E-state index in [1.54, 1.807) is 0 Å². The molecule has 1 saturated carbocycles. The van der Waals surface area contributed by atoms with Gasteiger partial charge < -0.3 is 10.3 Å². The van der Waals surface area contributed by atoms with Gasteiger partial charge in [0.1, 0.15) is 0 Å². The Hall–Kier alpha value is -0.930. The summed E-state index contributed by atoms with van der Waals surface area (Å²) in [5, 5.41) is 4.94. The van der Waals surface area contributed by atoms with Crippen LogP contribution in [0.25, 0.3) is 10.9 Å². The van der Waals surface area contributed by atoms with Gasteiger partial charge in [-0.1, -0.05) is 12.1 Å². The molecule has 0 atom stereocenters. The Morgan fingerprint density at radius 2 is 2.24 bits per heavy atom. The zero-order chi connectivity index (χ0) is 11.7. The van der Waals surface area contributed by atoms with Gasteiger partial charge in [0.2, 0.25) is 0 Å². The Balaban J connectivity index is 1.66. The van der Waals surface area contributed by atoms with Gasteiger partial charge in [0.25, 0.3) is 0 Å².